The number of aryl methyl sites for hydroxylation is 2. The summed E-state index contributed by atoms with van der Waals surface area (Å²) < 4.78 is 10.3. The van der Waals surface area contributed by atoms with E-state index in [1.807, 2.05) is 42.5 Å². The van der Waals surface area contributed by atoms with E-state index in [9.17, 15) is 14.4 Å². The van der Waals surface area contributed by atoms with Crippen molar-refractivity contribution in [1.82, 2.24) is 5.32 Å². The first-order valence-electron chi connectivity index (χ1n) is 9.84. The Bertz CT molecular complexity index is 1060. The predicted octanol–water partition coefficient (Wildman–Crippen LogP) is 3.59. The Balaban J connectivity index is 1.57. The van der Waals surface area contributed by atoms with Gasteiger partial charge in [0.25, 0.3) is 11.8 Å². The maximum absolute atomic E-state index is 12.5. The molecule has 3 rings (SSSR count). The van der Waals surface area contributed by atoms with E-state index in [2.05, 4.69) is 5.32 Å². The van der Waals surface area contributed by atoms with Gasteiger partial charge in [-0.25, -0.2) is 4.79 Å². The van der Waals surface area contributed by atoms with E-state index in [-0.39, 0.29) is 5.56 Å². The summed E-state index contributed by atoms with van der Waals surface area (Å²) in [6.45, 7) is -0.563. The van der Waals surface area contributed by atoms with Gasteiger partial charge in [-0.2, -0.15) is 0 Å². The number of rotatable bonds is 8. The lowest BCUT2D eigenvalue weighted by atomic mass is 10.00. The maximum atomic E-state index is 12.5. The van der Waals surface area contributed by atoms with Crippen LogP contribution in [-0.4, -0.2) is 31.5 Å². The Morgan fingerprint density at radius 2 is 1.42 bits per heavy atom. The van der Waals surface area contributed by atoms with Gasteiger partial charge in [-0.1, -0.05) is 60.7 Å². The third-order valence-electron chi connectivity index (χ3n) is 4.70. The fourth-order valence-corrected chi connectivity index (χ4v) is 3.13. The second-order valence-corrected chi connectivity index (χ2v) is 6.80. The Labute approximate surface area is 180 Å². The summed E-state index contributed by atoms with van der Waals surface area (Å²) in [4.78, 5) is 36.9. The highest BCUT2D eigenvalue weighted by Gasteiger charge is 2.17. The molecule has 6 nitrogen and oxygen atoms in total. The molecule has 0 bridgehead atoms. The molecule has 0 heterocycles. The van der Waals surface area contributed by atoms with Crippen LogP contribution in [0.25, 0.3) is 0 Å². The Morgan fingerprint density at radius 1 is 0.774 bits per heavy atom. The summed E-state index contributed by atoms with van der Waals surface area (Å²) in [6, 6.07) is 23.6. The van der Waals surface area contributed by atoms with E-state index >= 15 is 0 Å². The zero-order valence-electron chi connectivity index (χ0n) is 17.2. The summed E-state index contributed by atoms with van der Waals surface area (Å²) in [5, 5.41) is 2.20. The number of imide groups is 1. The average Bonchev–Trinajstić information content (AvgIpc) is 2.82. The molecule has 2 amide bonds. The molecule has 0 aromatic heterocycles. The molecule has 31 heavy (non-hydrogen) atoms. The Morgan fingerprint density at radius 3 is 2.16 bits per heavy atom. The second kappa shape index (κ2) is 10.7. The van der Waals surface area contributed by atoms with Crippen molar-refractivity contribution in [2.75, 3.05) is 13.7 Å². The molecule has 0 aliphatic carbocycles. The van der Waals surface area contributed by atoms with Crippen LogP contribution in [0.2, 0.25) is 0 Å². The molecule has 0 spiro atoms. The molecule has 0 atom stereocenters. The molecule has 0 radical (unpaired) electrons. The van der Waals surface area contributed by atoms with E-state index in [1.54, 1.807) is 30.3 Å². The molecule has 0 unspecified atom stereocenters. The summed E-state index contributed by atoms with van der Waals surface area (Å²) in [7, 11) is 1.44. The summed E-state index contributed by atoms with van der Waals surface area (Å²) in [5.41, 5.74) is 2.62. The quantitative estimate of drug-likeness (QED) is 0.567. The highest BCUT2D eigenvalue weighted by atomic mass is 16.5. The molecule has 1 N–H and O–H groups in total. The highest BCUT2D eigenvalue weighted by Crippen LogP contribution is 2.17. The molecule has 3 aromatic carbocycles. The number of methoxy groups -OCH3 is 1. The molecule has 0 aliphatic heterocycles. The number of esters is 1. The van der Waals surface area contributed by atoms with Gasteiger partial charge in [0.05, 0.1) is 18.2 Å². The van der Waals surface area contributed by atoms with Gasteiger partial charge in [0.15, 0.2) is 6.61 Å². The van der Waals surface area contributed by atoms with Gasteiger partial charge in [0, 0.05) is 0 Å². The number of nitrogens with one attached hydrogen (secondary N) is 1. The van der Waals surface area contributed by atoms with Crippen LogP contribution in [-0.2, 0) is 22.4 Å². The summed E-state index contributed by atoms with van der Waals surface area (Å²) in [6.07, 6.45) is 1.44. The first kappa shape index (κ1) is 21.8. The number of benzene rings is 3. The Kier molecular flexibility index (Phi) is 7.54. The topological polar surface area (TPSA) is 81.7 Å². The van der Waals surface area contributed by atoms with Crippen molar-refractivity contribution < 1.29 is 23.9 Å². The number of amides is 2. The maximum Gasteiger partial charge on any atom is 0.338 e. The number of para-hydroxylation sites is 1. The number of carbonyl (C=O) groups is 3. The van der Waals surface area contributed by atoms with Gasteiger partial charge < -0.3 is 9.47 Å². The number of carbonyl (C=O) groups excluding carboxylic acids is 3. The minimum Gasteiger partial charge on any atom is -0.496 e. The van der Waals surface area contributed by atoms with E-state index in [1.165, 1.54) is 18.7 Å². The summed E-state index contributed by atoms with van der Waals surface area (Å²) >= 11 is 0. The monoisotopic (exact) mass is 417 g/mol. The fraction of sp³-hybridized carbons (Fsp3) is 0.160. The lowest BCUT2D eigenvalue weighted by Crippen LogP contribution is -2.34. The van der Waals surface area contributed by atoms with Crippen molar-refractivity contribution in [3.63, 3.8) is 0 Å². The van der Waals surface area contributed by atoms with Gasteiger partial charge in [0.2, 0.25) is 0 Å². The van der Waals surface area contributed by atoms with Crippen molar-refractivity contribution >= 4 is 17.8 Å². The van der Waals surface area contributed by atoms with Gasteiger partial charge in [-0.3, -0.25) is 14.9 Å². The predicted molar refractivity (Wildman–Crippen MR) is 116 cm³/mol. The van der Waals surface area contributed by atoms with Crippen LogP contribution in [0, 0.1) is 0 Å². The van der Waals surface area contributed by atoms with Crippen molar-refractivity contribution in [3.05, 3.63) is 101 Å². The molecule has 158 valence electrons. The number of ether oxygens (including phenoxy) is 2. The van der Waals surface area contributed by atoms with E-state index in [0.717, 1.165) is 12.0 Å². The van der Waals surface area contributed by atoms with Crippen molar-refractivity contribution in [3.8, 4) is 5.75 Å². The van der Waals surface area contributed by atoms with Crippen LogP contribution in [0.3, 0.4) is 0 Å². The lowest BCUT2D eigenvalue weighted by molar-refractivity contribution is -0.123. The van der Waals surface area contributed by atoms with Gasteiger partial charge in [-0.15, -0.1) is 0 Å². The lowest BCUT2D eigenvalue weighted by Gasteiger charge is -2.11. The van der Waals surface area contributed by atoms with Gasteiger partial charge in [0.1, 0.15) is 5.75 Å². The van der Waals surface area contributed by atoms with Gasteiger partial charge in [-0.05, 0) is 42.2 Å². The first-order valence-corrected chi connectivity index (χ1v) is 9.84. The molecule has 0 saturated heterocycles. The molecule has 0 fully saturated rings. The third kappa shape index (κ3) is 6.02. The number of hydrogen-bond donors (Lipinski definition) is 1. The SMILES string of the molecule is COc1ccccc1C(=O)NC(=O)COC(=O)c1ccccc1CCc1ccccc1. The molecule has 0 saturated carbocycles. The minimum atomic E-state index is -0.717. The molecular weight excluding hydrogens is 394 g/mol. The Hall–Kier alpha value is -3.93. The first-order chi connectivity index (χ1) is 15.1. The largest absolute Gasteiger partial charge is 0.496 e. The van der Waals surface area contributed by atoms with Gasteiger partial charge >= 0.3 is 5.97 Å². The van der Waals surface area contributed by atoms with Crippen molar-refractivity contribution in [2.24, 2.45) is 0 Å². The van der Waals surface area contributed by atoms with Crippen LogP contribution in [0.15, 0.2) is 78.9 Å². The normalized spacial score (nSPS) is 10.2. The van der Waals surface area contributed by atoms with E-state index in [0.29, 0.717) is 17.7 Å². The molecule has 3 aromatic rings. The van der Waals surface area contributed by atoms with Crippen molar-refractivity contribution in [2.45, 2.75) is 12.8 Å². The number of hydrogen-bond acceptors (Lipinski definition) is 5. The smallest absolute Gasteiger partial charge is 0.338 e. The average molecular weight is 417 g/mol. The summed E-state index contributed by atoms with van der Waals surface area (Å²) in [5.74, 6) is -1.60. The van der Waals surface area contributed by atoms with Crippen molar-refractivity contribution in [1.29, 1.82) is 0 Å². The molecule has 0 aliphatic rings. The van der Waals surface area contributed by atoms with Crippen LogP contribution < -0.4 is 10.1 Å². The second-order valence-electron chi connectivity index (χ2n) is 6.80. The van der Waals surface area contributed by atoms with Crippen LogP contribution in [0.5, 0.6) is 5.75 Å². The highest BCUT2D eigenvalue weighted by molar-refractivity contribution is 6.07. The zero-order chi connectivity index (χ0) is 22.1. The standard InChI is InChI=1S/C25H23NO5/c1-30-22-14-8-7-13-21(22)24(28)26-23(27)17-31-25(29)20-12-6-5-11-19(20)16-15-18-9-3-2-4-10-18/h2-14H,15-17H2,1H3,(H,26,27,28). The van der Waals surface area contributed by atoms with E-state index in [4.69, 9.17) is 9.47 Å². The van der Waals surface area contributed by atoms with Crippen LogP contribution >= 0.6 is 0 Å². The zero-order valence-corrected chi connectivity index (χ0v) is 17.2. The molecule has 6 heteroatoms. The van der Waals surface area contributed by atoms with Crippen LogP contribution in [0.1, 0.15) is 31.8 Å². The minimum absolute atomic E-state index is 0.218. The van der Waals surface area contributed by atoms with E-state index < -0.39 is 24.4 Å². The molecular formula is C25H23NO5. The van der Waals surface area contributed by atoms with Crippen LogP contribution in [0.4, 0.5) is 0 Å². The third-order valence-corrected chi connectivity index (χ3v) is 4.70. The fourth-order valence-electron chi connectivity index (χ4n) is 3.13.